The molecule has 5 rings (SSSR count). The summed E-state index contributed by atoms with van der Waals surface area (Å²) in [6.07, 6.45) is 7.45. The number of alkyl halides is 2. The molecule has 0 radical (unpaired) electrons. The van der Waals surface area contributed by atoms with Crippen LogP contribution in [0.25, 0.3) is 27.9 Å². The van der Waals surface area contributed by atoms with Crippen LogP contribution in [0.3, 0.4) is 0 Å². The van der Waals surface area contributed by atoms with Gasteiger partial charge in [-0.2, -0.15) is 18.4 Å². The van der Waals surface area contributed by atoms with Crippen LogP contribution in [0.4, 0.5) is 20.5 Å². The van der Waals surface area contributed by atoms with Crippen LogP contribution in [0.15, 0.2) is 24.4 Å². The highest BCUT2D eigenvalue weighted by atomic mass is 19.3. The number of aliphatic hydroxyl groups is 1. The summed E-state index contributed by atoms with van der Waals surface area (Å²) in [5.74, 6) is 0.613. The Hall–Kier alpha value is -3.41. The van der Waals surface area contributed by atoms with E-state index in [0.29, 0.717) is 27.3 Å². The maximum atomic E-state index is 13.0. The molecule has 0 unspecified atom stereocenters. The van der Waals surface area contributed by atoms with Gasteiger partial charge in [-0.15, -0.1) is 10.2 Å². The van der Waals surface area contributed by atoms with Gasteiger partial charge in [-0.1, -0.05) is 24.5 Å². The molecule has 0 aromatic carbocycles. The fourth-order valence-corrected chi connectivity index (χ4v) is 3.84. The van der Waals surface area contributed by atoms with E-state index in [1.54, 1.807) is 36.0 Å². The number of hydrogen-bond acceptors (Lipinski definition) is 8. The number of hydrogen-bond donors (Lipinski definition) is 3. The zero-order chi connectivity index (χ0) is 22.9. The van der Waals surface area contributed by atoms with Gasteiger partial charge in [0.2, 0.25) is 5.95 Å². The van der Waals surface area contributed by atoms with Crippen molar-refractivity contribution in [3.8, 4) is 11.3 Å². The number of nitrogens with one attached hydrogen (secondary N) is 1. The Bertz CT molecular complexity index is 1230. The third-order valence-electron chi connectivity index (χ3n) is 5.48. The smallest absolute Gasteiger partial charge is 0.336 e. The lowest BCUT2D eigenvalue weighted by Gasteiger charge is -2.27. The molecule has 1 saturated carbocycles. The van der Waals surface area contributed by atoms with E-state index in [9.17, 15) is 13.9 Å². The lowest BCUT2D eigenvalue weighted by Crippen LogP contribution is -2.26. The molecule has 0 bridgehead atoms. The largest absolute Gasteiger partial charge is 0.390 e. The molecular formula is C20H25F2N9O. The van der Waals surface area contributed by atoms with Crippen molar-refractivity contribution in [3.05, 3.63) is 24.4 Å². The molecule has 4 heterocycles. The number of anilines is 2. The van der Waals surface area contributed by atoms with Crippen LogP contribution in [0.1, 0.15) is 45.6 Å². The zero-order valence-electron chi connectivity index (χ0n) is 17.8. The van der Waals surface area contributed by atoms with Crippen molar-refractivity contribution >= 4 is 28.4 Å². The third kappa shape index (κ3) is 4.31. The molecule has 0 aliphatic heterocycles. The van der Waals surface area contributed by atoms with Crippen molar-refractivity contribution in [2.45, 2.75) is 51.2 Å². The second-order valence-electron chi connectivity index (χ2n) is 8.00. The van der Waals surface area contributed by atoms with Gasteiger partial charge in [0.1, 0.15) is 11.0 Å². The standard InChI is InChI=1S/C13H11F2N9.C7H14O/c1-17-10-9-6(4-5-23(9)21-13(16)19-10)7-2-3-8-11(18-7)24(12(14)15)22-20-8;1-7(8)5-3-2-4-6-7/h2-5,12H,1H3,(H3,16,17,19,21);8H,2-6H2,1H3. The number of nitrogens with two attached hydrogens (primary N) is 1. The van der Waals surface area contributed by atoms with Gasteiger partial charge in [0.15, 0.2) is 11.5 Å². The Morgan fingerprint density at radius 3 is 2.53 bits per heavy atom. The minimum absolute atomic E-state index is 0.00391. The van der Waals surface area contributed by atoms with Crippen molar-refractivity contribution in [1.82, 2.24) is 34.6 Å². The van der Waals surface area contributed by atoms with Gasteiger partial charge >= 0.3 is 6.55 Å². The zero-order valence-corrected chi connectivity index (χ0v) is 17.8. The molecular weight excluding hydrogens is 420 g/mol. The van der Waals surface area contributed by atoms with Crippen LogP contribution >= 0.6 is 0 Å². The van der Waals surface area contributed by atoms with Crippen LogP contribution in [0.2, 0.25) is 0 Å². The van der Waals surface area contributed by atoms with Crippen LogP contribution in [-0.2, 0) is 0 Å². The first-order valence-corrected chi connectivity index (χ1v) is 10.3. The highest BCUT2D eigenvalue weighted by Gasteiger charge is 2.22. The summed E-state index contributed by atoms with van der Waals surface area (Å²) >= 11 is 0. The maximum Gasteiger partial charge on any atom is 0.336 e. The molecule has 0 saturated heterocycles. The van der Waals surface area contributed by atoms with Crippen molar-refractivity contribution in [2.75, 3.05) is 18.1 Å². The number of halogens is 2. The van der Waals surface area contributed by atoms with Gasteiger partial charge in [-0.25, -0.2) is 9.50 Å². The molecule has 4 aromatic heterocycles. The number of pyridine rings is 1. The molecule has 1 aliphatic carbocycles. The minimum atomic E-state index is -2.82. The molecule has 1 aliphatic rings. The number of aromatic nitrogens is 7. The van der Waals surface area contributed by atoms with Gasteiger partial charge in [0.25, 0.3) is 0 Å². The number of nitrogens with zero attached hydrogens (tertiary/aromatic N) is 7. The van der Waals surface area contributed by atoms with E-state index in [1.165, 1.54) is 19.3 Å². The Morgan fingerprint density at radius 1 is 1.16 bits per heavy atom. The summed E-state index contributed by atoms with van der Waals surface area (Å²) in [4.78, 5) is 8.41. The summed E-state index contributed by atoms with van der Waals surface area (Å²) in [7, 11) is 1.70. The fraction of sp³-hybridized carbons (Fsp3) is 0.450. The Kier molecular flexibility index (Phi) is 5.87. The normalized spacial score (nSPS) is 15.7. The fourth-order valence-electron chi connectivity index (χ4n) is 3.84. The molecule has 0 spiro atoms. The Balaban J connectivity index is 0.000000260. The molecule has 1 fully saturated rings. The molecule has 0 atom stereocenters. The van der Waals surface area contributed by atoms with E-state index in [4.69, 9.17) is 5.73 Å². The summed E-state index contributed by atoms with van der Waals surface area (Å²) < 4.78 is 28.0. The van der Waals surface area contributed by atoms with Crippen molar-refractivity contribution < 1.29 is 13.9 Å². The lowest BCUT2D eigenvalue weighted by molar-refractivity contribution is 0.0225. The Labute approximate surface area is 182 Å². The quantitative estimate of drug-likeness (QED) is 0.438. The predicted molar refractivity (Wildman–Crippen MR) is 116 cm³/mol. The highest BCUT2D eigenvalue weighted by Crippen LogP contribution is 2.30. The number of nitrogen functional groups attached to an aromatic ring is 1. The van der Waals surface area contributed by atoms with Gasteiger partial charge in [-0.05, 0) is 38.0 Å². The van der Waals surface area contributed by atoms with E-state index in [2.05, 4.69) is 30.7 Å². The summed E-state index contributed by atoms with van der Waals surface area (Å²) in [5, 5.41) is 23.5. The molecule has 12 heteroatoms. The molecule has 4 N–H and O–H groups in total. The lowest BCUT2D eigenvalue weighted by atomic mass is 9.87. The topological polar surface area (TPSA) is 132 Å². The second-order valence-corrected chi connectivity index (χ2v) is 8.00. The van der Waals surface area contributed by atoms with Gasteiger partial charge in [0.05, 0.1) is 11.3 Å². The molecule has 170 valence electrons. The first-order valence-electron chi connectivity index (χ1n) is 10.3. The number of rotatable bonds is 3. The molecule has 10 nitrogen and oxygen atoms in total. The van der Waals surface area contributed by atoms with Crippen LogP contribution in [-0.4, -0.2) is 52.3 Å². The van der Waals surface area contributed by atoms with Gasteiger partial charge < -0.3 is 16.2 Å². The van der Waals surface area contributed by atoms with Crippen molar-refractivity contribution in [2.24, 2.45) is 0 Å². The summed E-state index contributed by atoms with van der Waals surface area (Å²) in [6, 6.07) is 5.02. The first kappa shape index (κ1) is 21.8. The molecule has 32 heavy (non-hydrogen) atoms. The Morgan fingerprint density at radius 2 is 1.91 bits per heavy atom. The average Bonchev–Trinajstić information content (AvgIpc) is 3.37. The molecule has 0 amide bonds. The average molecular weight is 445 g/mol. The van der Waals surface area contributed by atoms with Crippen molar-refractivity contribution in [3.63, 3.8) is 0 Å². The first-order chi connectivity index (χ1) is 15.3. The van der Waals surface area contributed by atoms with E-state index < -0.39 is 6.55 Å². The van der Waals surface area contributed by atoms with Crippen molar-refractivity contribution in [1.29, 1.82) is 0 Å². The minimum Gasteiger partial charge on any atom is -0.390 e. The monoisotopic (exact) mass is 445 g/mol. The van der Waals surface area contributed by atoms with E-state index >= 15 is 0 Å². The van der Waals surface area contributed by atoms with Crippen LogP contribution in [0.5, 0.6) is 0 Å². The van der Waals surface area contributed by atoms with Gasteiger partial charge in [-0.3, -0.25) is 0 Å². The molecule has 4 aromatic rings. The predicted octanol–water partition coefficient (Wildman–Crippen LogP) is 3.26. The van der Waals surface area contributed by atoms with E-state index in [0.717, 1.165) is 12.8 Å². The van der Waals surface area contributed by atoms with Crippen LogP contribution in [0, 0.1) is 0 Å². The van der Waals surface area contributed by atoms with E-state index in [-0.39, 0.29) is 22.7 Å². The SMILES string of the molecule is CC1(O)CCCCC1.CNc1nc(N)nn2ccc(-c3ccc4nnn(C(F)F)c4n3)c12. The summed E-state index contributed by atoms with van der Waals surface area (Å²) in [5.41, 5.74) is 7.41. The van der Waals surface area contributed by atoms with E-state index in [1.807, 2.05) is 6.92 Å². The maximum absolute atomic E-state index is 13.0. The van der Waals surface area contributed by atoms with Crippen LogP contribution < -0.4 is 11.1 Å². The highest BCUT2D eigenvalue weighted by molar-refractivity contribution is 5.89. The third-order valence-corrected chi connectivity index (χ3v) is 5.48. The second kappa shape index (κ2) is 8.61. The van der Waals surface area contributed by atoms with Gasteiger partial charge in [0, 0.05) is 18.8 Å². The summed E-state index contributed by atoms with van der Waals surface area (Å²) in [6.45, 7) is -0.883. The number of fused-ring (bicyclic) bond motifs is 2.